The number of fused-ring (bicyclic) bond motifs is 1. The summed E-state index contributed by atoms with van der Waals surface area (Å²) in [6.07, 6.45) is 36.6. The van der Waals surface area contributed by atoms with Crippen LogP contribution in [0.3, 0.4) is 0 Å². The van der Waals surface area contributed by atoms with Gasteiger partial charge >= 0.3 is 24.1 Å². The Hall–Kier alpha value is -6.31. The van der Waals surface area contributed by atoms with E-state index in [2.05, 4.69) is 55.1 Å². The van der Waals surface area contributed by atoms with E-state index in [1.807, 2.05) is 13.8 Å². The standard InChI is InChI=1S/C75H124F3N9O13/c1-8-10-12-14-16-18-20-22-24-26-28-30-32-34-36-38-49-96-55-62(98-50-39-37-35-33-31-29-27-25-23-21-19-17-15-13-11-9-2)56-99-73(94)80-48-52-97-57-74(5,6)100-51-40-47-79-64(88)46-45-63(70(92)95-7)83-68(90)59-41-43-61(44-42-59)87(71(93)75(76,77)78)54-60-53-81-66-65(82-60)69(91)86-72(84-66)85-67(89)58(3)4/h41-44,53,58,62-63H,8-40,45-52,54-57H2,1-7H3,(H,79,88)(H,80,94)(H,83,90)(H2,81,84,85,86,89,91)/t62-,63-/m1/s1. The van der Waals surface area contributed by atoms with E-state index in [9.17, 15) is 46.7 Å². The van der Waals surface area contributed by atoms with Crippen molar-refractivity contribution >= 4 is 58.5 Å². The first-order valence-corrected chi connectivity index (χ1v) is 37.7. The highest BCUT2D eigenvalue weighted by molar-refractivity contribution is 6.00. The lowest BCUT2D eigenvalue weighted by molar-refractivity contribution is -0.170. The molecule has 0 aliphatic carbocycles. The smallest absolute Gasteiger partial charge is 0.467 e. The van der Waals surface area contributed by atoms with Crippen LogP contribution in [0.15, 0.2) is 35.3 Å². The molecular weight excluding hydrogens is 1290 g/mol. The highest BCUT2D eigenvalue weighted by atomic mass is 19.4. The number of benzene rings is 1. The molecule has 100 heavy (non-hydrogen) atoms. The molecule has 5 N–H and O–H groups in total. The second-order valence-corrected chi connectivity index (χ2v) is 27.2. The van der Waals surface area contributed by atoms with Gasteiger partial charge in [-0.25, -0.2) is 19.6 Å². The minimum Gasteiger partial charge on any atom is -0.467 e. The van der Waals surface area contributed by atoms with Gasteiger partial charge in [-0.1, -0.05) is 220 Å². The maximum atomic E-state index is 13.9. The maximum Gasteiger partial charge on any atom is 0.471 e. The monoisotopic (exact) mass is 1420 g/mol. The normalized spacial score (nSPS) is 12.3. The lowest BCUT2D eigenvalue weighted by Crippen LogP contribution is -2.42. The molecule has 0 aliphatic rings. The number of anilines is 2. The van der Waals surface area contributed by atoms with Crippen LogP contribution in [0.4, 0.5) is 29.6 Å². The van der Waals surface area contributed by atoms with E-state index < -0.39 is 71.5 Å². The molecule has 3 aromatic rings. The molecule has 0 aliphatic heterocycles. The van der Waals surface area contributed by atoms with Gasteiger partial charge in [0.05, 0.1) is 51.0 Å². The fraction of sp³-hybridized carbons (Fsp3) is 0.760. The minimum absolute atomic E-state index is 0.0794. The fourth-order valence-electron chi connectivity index (χ4n) is 11.2. The third-order valence-electron chi connectivity index (χ3n) is 17.2. The van der Waals surface area contributed by atoms with Gasteiger partial charge in [0.1, 0.15) is 18.8 Å². The van der Waals surface area contributed by atoms with Gasteiger partial charge in [-0.3, -0.25) is 39.2 Å². The number of ether oxygens (including phenoxy) is 6. The summed E-state index contributed by atoms with van der Waals surface area (Å²) in [5.41, 5.74) is -2.76. The average molecular weight is 1420 g/mol. The van der Waals surface area contributed by atoms with Gasteiger partial charge in [-0.2, -0.15) is 18.2 Å². The first kappa shape index (κ1) is 87.9. The first-order valence-electron chi connectivity index (χ1n) is 37.7. The van der Waals surface area contributed by atoms with Crippen molar-refractivity contribution in [2.75, 3.05) is 76.7 Å². The molecule has 0 radical (unpaired) electrons. The topological polar surface area (TPSA) is 281 Å². The van der Waals surface area contributed by atoms with Crippen LogP contribution in [0.2, 0.25) is 0 Å². The molecule has 0 saturated heterocycles. The second-order valence-electron chi connectivity index (χ2n) is 27.2. The number of halogens is 3. The van der Waals surface area contributed by atoms with Crippen molar-refractivity contribution in [2.45, 2.75) is 297 Å². The van der Waals surface area contributed by atoms with E-state index in [4.69, 9.17) is 28.4 Å². The molecule has 22 nitrogen and oxygen atoms in total. The lowest BCUT2D eigenvalue weighted by Gasteiger charge is -2.25. The number of methoxy groups -OCH3 is 1. The molecule has 3 rings (SSSR count). The van der Waals surface area contributed by atoms with E-state index in [0.717, 1.165) is 63.3 Å². The number of esters is 1. The lowest BCUT2D eigenvalue weighted by atomic mass is 10.0. The van der Waals surface area contributed by atoms with Crippen molar-refractivity contribution < 1.29 is 70.4 Å². The molecule has 2 aromatic heterocycles. The zero-order chi connectivity index (χ0) is 73.1. The average Bonchev–Trinajstić information content (AvgIpc) is 0.797. The van der Waals surface area contributed by atoms with Crippen LogP contribution in [0.25, 0.3) is 11.2 Å². The molecule has 0 fully saturated rings. The number of hydrogen-bond acceptors (Lipinski definition) is 16. The van der Waals surface area contributed by atoms with Crippen LogP contribution in [0.1, 0.15) is 282 Å². The number of alkyl carbamates (subject to hydrolysis) is 1. The number of aromatic amines is 1. The summed E-state index contributed by atoms with van der Waals surface area (Å²) in [5.74, 6) is -5.48. The molecule has 0 spiro atoms. The Morgan fingerprint density at radius 2 is 1.15 bits per heavy atom. The molecule has 25 heteroatoms. The van der Waals surface area contributed by atoms with E-state index in [1.165, 1.54) is 180 Å². The SMILES string of the molecule is CCCCCCCCCCCCCCCCCCOC[C@H](COC(=O)NCCOCC(C)(C)OCCCNC(=O)CC[C@@H](NC(=O)c1ccc(N(Cc2cnc3nc(NC(=O)C(C)C)[nH]c(=O)c3n2)C(=O)C(F)(F)F)cc1)C(=O)OC)OCCCCCCCCCCCCCCCCCC. The number of hydrogen-bond donors (Lipinski definition) is 5. The molecule has 2 atom stereocenters. The van der Waals surface area contributed by atoms with Gasteiger partial charge in [0.25, 0.3) is 11.5 Å². The highest BCUT2D eigenvalue weighted by Crippen LogP contribution is 2.27. The summed E-state index contributed by atoms with van der Waals surface area (Å²) < 4.78 is 76.4. The van der Waals surface area contributed by atoms with Gasteiger partial charge in [-0.15, -0.1) is 0 Å². The van der Waals surface area contributed by atoms with Crippen LogP contribution in [0, 0.1) is 5.92 Å². The molecule has 0 saturated carbocycles. The molecule has 5 amide bonds. The number of unbranched alkanes of at least 4 members (excludes halogenated alkanes) is 30. The summed E-state index contributed by atoms with van der Waals surface area (Å²) in [7, 11) is 1.10. The third-order valence-corrected chi connectivity index (χ3v) is 17.2. The number of H-pyrrole nitrogens is 1. The maximum absolute atomic E-state index is 13.9. The largest absolute Gasteiger partial charge is 0.471 e. The summed E-state index contributed by atoms with van der Waals surface area (Å²) in [6.45, 7) is 13.5. The van der Waals surface area contributed by atoms with Crippen molar-refractivity contribution in [2.24, 2.45) is 5.92 Å². The predicted octanol–water partition coefficient (Wildman–Crippen LogP) is 15.4. The number of nitrogens with zero attached hydrogens (tertiary/aromatic N) is 4. The highest BCUT2D eigenvalue weighted by Gasteiger charge is 2.43. The van der Waals surface area contributed by atoms with Gasteiger partial charge in [0.2, 0.25) is 17.8 Å². The van der Waals surface area contributed by atoms with Gasteiger partial charge < -0.3 is 44.4 Å². The van der Waals surface area contributed by atoms with Crippen molar-refractivity contribution in [1.29, 1.82) is 0 Å². The first-order chi connectivity index (χ1) is 48.2. The molecule has 1 aromatic carbocycles. The quantitative estimate of drug-likeness (QED) is 0.0259. The van der Waals surface area contributed by atoms with E-state index in [1.54, 1.807) is 13.8 Å². The van der Waals surface area contributed by atoms with Crippen LogP contribution in [-0.2, 0) is 54.1 Å². The number of carbonyl (C=O) groups excluding carboxylic acids is 6. The van der Waals surface area contributed by atoms with Crippen LogP contribution in [-0.4, -0.2) is 146 Å². The summed E-state index contributed by atoms with van der Waals surface area (Å²) >= 11 is 0. The van der Waals surface area contributed by atoms with E-state index >= 15 is 0 Å². The number of rotatable bonds is 60. The number of alkyl halides is 3. The minimum atomic E-state index is -5.35. The number of amides is 5. The Bertz CT molecular complexity index is 2790. The Labute approximate surface area is 593 Å². The van der Waals surface area contributed by atoms with E-state index in [-0.39, 0.29) is 92.5 Å². The van der Waals surface area contributed by atoms with Gasteiger partial charge in [0.15, 0.2) is 11.2 Å². The molecule has 568 valence electrons. The zero-order valence-corrected chi connectivity index (χ0v) is 61.7. The molecular formula is C75H124F3N9O13. The Balaban J connectivity index is 1.35. The number of carbonyl (C=O) groups is 6. The zero-order valence-electron chi connectivity index (χ0n) is 61.7. The predicted molar refractivity (Wildman–Crippen MR) is 385 cm³/mol. The van der Waals surface area contributed by atoms with Crippen LogP contribution >= 0.6 is 0 Å². The Morgan fingerprint density at radius 3 is 1.67 bits per heavy atom. The van der Waals surface area contributed by atoms with Crippen LogP contribution < -0.4 is 31.7 Å². The van der Waals surface area contributed by atoms with Crippen molar-refractivity contribution in [3.05, 3.63) is 52.1 Å². The number of nitrogens with one attached hydrogen (secondary N) is 5. The summed E-state index contributed by atoms with van der Waals surface area (Å²) in [4.78, 5) is 104. The van der Waals surface area contributed by atoms with Gasteiger partial charge in [-0.05, 0) is 63.8 Å². The summed E-state index contributed by atoms with van der Waals surface area (Å²) in [6, 6.07) is 3.14. The molecule has 2 heterocycles. The fourth-order valence-corrected chi connectivity index (χ4v) is 11.2. The van der Waals surface area contributed by atoms with Gasteiger partial charge in [0, 0.05) is 56.5 Å². The van der Waals surface area contributed by atoms with Crippen molar-refractivity contribution in [1.82, 2.24) is 35.9 Å². The molecule has 0 unspecified atom stereocenters. The van der Waals surface area contributed by atoms with Crippen molar-refractivity contribution in [3.63, 3.8) is 0 Å². The number of aromatic nitrogens is 4. The Kier molecular flexibility index (Phi) is 47.0. The summed E-state index contributed by atoms with van der Waals surface area (Å²) in [5, 5.41) is 10.4. The third kappa shape index (κ3) is 41.0. The van der Waals surface area contributed by atoms with Crippen molar-refractivity contribution in [3.8, 4) is 0 Å². The second kappa shape index (κ2) is 53.5. The van der Waals surface area contributed by atoms with Crippen LogP contribution in [0.5, 0.6) is 0 Å². The molecule has 0 bridgehead atoms. The Morgan fingerprint density at radius 1 is 0.620 bits per heavy atom. The van der Waals surface area contributed by atoms with E-state index in [0.29, 0.717) is 31.1 Å².